The zero-order valence-corrected chi connectivity index (χ0v) is 12.8. The van der Waals surface area contributed by atoms with Crippen LogP contribution in [0.1, 0.15) is 38.3 Å². The molecule has 2 N–H and O–H groups in total. The summed E-state index contributed by atoms with van der Waals surface area (Å²) in [5.41, 5.74) is 2.55. The lowest BCUT2D eigenvalue weighted by Crippen LogP contribution is -2.30. The van der Waals surface area contributed by atoms with E-state index in [4.69, 9.17) is 9.84 Å². The third kappa shape index (κ3) is 4.84. The van der Waals surface area contributed by atoms with Gasteiger partial charge in [0.25, 0.3) is 0 Å². The molecule has 0 aliphatic rings. The predicted molar refractivity (Wildman–Crippen MR) is 79.9 cm³/mol. The Morgan fingerprint density at radius 2 is 2.00 bits per heavy atom. The lowest BCUT2D eigenvalue weighted by atomic mass is 9.85. The summed E-state index contributed by atoms with van der Waals surface area (Å²) in [5.74, 6) is 0.950. The topological polar surface area (TPSA) is 41.5 Å². The average Bonchev–Trinajstić information content (AvgIpc) is 2.35. The lowest BCUT2D eigenvalue weighted by molar-refractivity contribution is 0.213. The van der Waals surface area contributed by atoms with Crippen LogP contribution in [0.2, 0.25) is 0 Å². The molecule has 1 aromatic carbocycles. The Kier molecular flexibility index (Phi) is 5.83. The number of rotatable bonds is 6. The van der Waals surface area contributed by atoms with Crippen molar-refractivity contribution in [1.82, 2.24) is 5.32 Å². The molecule has 0 saturated carbocycles. The fourth-order valence-electron chi connectivity index (χ4n) is 1.99. The molecule has 0 bridgehead atoms. The summed E-state index contributed by atoms with van der Waals surface area (Å²) in [6.07, 6.45) is 0.796. The molecular formula is C16H27NO2. The van der Waals surface area contributed by atoms with Gasteiger partial charge >= 0.3 is 0 Å². The molecule has 0 saturated heterocycles. The number of hydrogen-bond donors (Lipinski definition) is 2. The second kappa shape index (κ2) is 6.92. The second-order valence-electron chi connectivity index (χ2n) is 6.05. The molecule has 3 heteroatoms. The first-order valence-corrected chi connectivity index (χ1v) is 6.90. The van der Waals surface area contributed by atoms with Crippen LogP contribution in [0.25, 0.3) is 0 Å². The molecule has 1 atom stereocenters. The SMILES string of the molecule is CNC(CO)CCOc1ccc(C)cc1C(C)(C)C. The van der Waals surface area contributed by atoms with Crippen LogP contribution in [-0.2, 0) is 5.41 Å². The normalized spacial score (nSPS) is 13.4. The van der Waals surface area contributed by atoms with Crippen molar-refractivity contribution in [3.63, 3.8) is 0 Å². The number of nitrogens with one attached hydrogen (secondary N) is 1. The van der Waals surface area contributed by atoms with Crippen molar-refractivity contribution in [2.24, 2.45) is 0 Å². The Morgan fingerprint density at radius 3 is 2.53 bits per heavy atom. The summed E-state index contributed by atoms with van der Waals surface area (Å²) in [6.45, 7) is 9.43. The largest absolute Gasteiger partial charge is 0.493 e. The predicted octanol–water partition coefficient (Wildman–Crippen LogP) is 2.64. The lowest BCUT2D eigenvalue weighted by Gasteiger charge is -2.24. The monoisotopic (exact) mass is 265 g/mol. The Hall–Kier alpha value is -1.06. The van der Waals surface area contributed by atoms with Gasteiger partial charge in [0.1, 0.15) is 5.75 Å². The molecule has 108 valence electrons. The highest BCUT2D eigenvalue weighted by atomic mass is 16.5. The van der Waals surface area contributed by atoms with Gasteiger partial charge in [0.05, 0.1) is 13.2 Å². The molecule has 0 amide bonds. The molecule has 0 fully saturated rings. The maximum absolute atomic E-state index is 9.13. The van der Waals surface area contributed by atoms with Crippen LogP contribution in [0, 0.1) is 6.92 Å². The number of likely N-dealkylation sites (N-methyl/N-ethyl adjacent to an activating group) is 1. The smallest absolute Gasteiger partial charge is 0.123 e. The van der Waals surface area contributed by atoms with Gasteiger partial charge in [-0.05, 0) is 37.4 Å². The molecular weight excluding hydrogens is 238 g/mol. The van der Waals surface area contributed by atoms with Crippen molar-refractivity contribution in [3.05, 3.63) is 29.3 Å². The minimum Gasteiger partial charge on any atom is -0.493 e. The molecule has 0 aliphatic carbocycles. The fourth-order valence-corrected chi connectivity index (χ4v) is 1.99. The second-order valence-corrected chi connectivity index (χ2v) is 6.05. The molecule has 0 radical (unpaired) electrons. The Bertz CT molecular complexity index is 392. The van der Waals surface area contributed by atoms with E-state index in [0.29, 0.717) is 6.61 Å². The zero-order chi connectivity index (χ0) is 14.5. The van der Waals surface area contributed by atoms with Crippen molar-refractivity contribution in [2.45, 2.75) is 45.6 Å². The van der Waals surface area contributed by atoms with E-state index in [1.54, 1.807) is 0 Å². The Morgan fingerprint density at radius 1 is 1.32 bits per heavy atom. The van der Waals surface area contributed by atoms with Crippen LogP contribution >= 0.6 is 0 Å². The van der Waals surface area contributed by atoms with Gasteiger partial charge in [0.2, 0.25) is 0 Å². The number of aliphatic hydroxyl groups excluding tert-OH is 1. The van der Waals surface area contributed by atoms with Crippen molar-refractivity contribution in [3.8, 4) is 5.75 Å². The average molecular weight is 265 g/mol. The van der Waals surface area contributed by atoms with E-state index in [-0.39, 0.29) is 18.1 Å². The summed E-state index contributed by atoms with van der Waals surface area (Å²) < 4.78 is 5.90. The first kappa shape index (κ1) is 16.0. The van der Waals surface area contributed by atoms with Crippen molar-refractivity contribution in [2.75, 3.05) is 20.3 Å². The number of hydrogen-bond acceptors (Lipinski definition) is 3. The van der Waals surface area contributed by atoms with E-state index in [2.05, 4.69) is 45.1 Å². The van der Waals surface area contributed by atoms with Gasteiger partial charge in [-0.3, -0.25) is 0 Å². The van der Waals surface area contributed by atoms with Gasteiger partial charge in [-0.15, -0.1) is 0 Å². The highest BCUT2D eigenvalue weighted by Crippen LogP contribution is 2.32. The van der Waals surface area contributed by atoms with Gasteiger partial charge in [-0.2, -0.15) is 0 Å². The zero-order valence-electron chi connectivity index (χ0n) is 12.8. The third-order valence-corrected chi connectivity index (χ3v) is 3.30. The van der Waals surface area contributed by atoms with E-state index in [1.165, 1.54) is 11.1 Å². The Labute approximate surface area is 117 Å². The van der Waals surface area contributed by atoms with Gasteiger partial charge in [-0.25, -0.2) is 0 Å². The molecule has 1 rings (SSSR count). The summed E-state index contributed by atoms with van der Waals surface area (Å²) in [7, 11) is 1.85. The van der Waals surface area contributed by atoms with Crippen molar-refractivity contribution < 1.29 is 9.84 Å². The molecule has 1 aromatic rings. The Balaban J connectivity index is 2.73. The minimum atomic E-state index is 0.0702. The van der Waals surface area contributed by atoms with Crippen LogP contribution in [0.4, 0.5) is 0 Å². The van der Waals surface area contributed by atoms with Crippen LogP contribution in [0.5, 0.6) is 5.75 Å². The molecule has 0 spiro atoms. The van der Waals surface area contributed by atoms with Gasteiger partial charge < -0.3 is 15.2 Å². The van der Waals surface area contributed by atoms with E-state index in [1.807, 2.05) is 13.1 Å². The molecule has 1 unspecified atom stereocenters. The first-order valence-electron chi connectivity index (χ1n) is 6.90. The molecule has 0 heterocycles. The highest BCUT2D eigenvalue weighted by molar-refractivity contribution is 5.41. The molecule has 3 nitrogen and oxygen atoms in total. The third-order valence-electron chi connectivity index (χ3n) is 3.30. The summed E-state index contributed by atoms with van der Waals surface area (Å²) in [4.78, 5) is 0. The summed E-state index contributed by atoms with van der Waals surface area (Å²) in [6, 6.07) is 6.41. The van der Waals surface area contributed by atoms with Crippen LogP contribution in [0.3, 0.4) is 0 Å². The van der Waals surface area contributed by atoms with Gasteiger partial charge in [-0.1, -0.05) is 38.5 Å². The highest BCUT2D eigenvalue weighted by Gasteiger charge is 2.19. The van der Waals surface area contributed by atoms with Crippen molar-refractivity contribution in [1.29, 1.82) is 0 Å². The van der Waals surface area contributed by atoms with Crippen LogP contribution < -0.4 is 10.1 Å². The fraction of sp³-hybridized carbons (Fsp3) is 0.625. The standard InChI is InChI=1S/C16H27NO2/c1-12-6-7-15(14(10-12)16(2,3)4)19-9-8-13(11-18)17-5/h6-7,10,13,17-18H,8-9,11H2,1-5H3. The van der Waals surface area contributed by atoms with Crippen LogP contribution in [0.15, 0.2) is 18.2 Å². The van der Waals surface area contributed by atoms with Crippen LogP contribution in [-0.4, -0.2) is 31.4 Å². The van der Waals surface area contributed by atoms with Gasteiger partial charge in [0, 0.05) is 6.04 Å². The maximum atomic E-state index is 9.13. The van der Waals surface area contributed by atoms with E-state index < -0.39 is 0 Å². The number of benzene rings is 1. The van der Waals surface area contributed by atoms with Crippen molar-refractivity contribution >= 4 is 0 Å². The minimum absolute atomic E-state index is 0.0702. The quantitative estimate of drug-likeness (QED) is 0.831. The number of aryl methyl sites for hydroxylation is 1. The summed E-state index contributed by atoms with van der Waals surface area (Å²) >= 11 is 0. The number of ether oxygens (including phenoxy) is 1. The van der Waals surface area contributed by atoms with E-state index in [9.17, 15) is 0 Å². The molecule has 0 aromatic heterocycles. The van der Waals surface area contributed by atoms with Gasteiger partial charge in [0.15, 0.2) is 0 Å². The van der Waals surface area contributed by atoms with E-state index >= 15 is 0 Å². The number of aliphatic hydroxyl groups is 1. The maximum Gasteiger partial charge on any atom is 0.123 e. The van der Waals surface area contributed by atoms with E-state index in [0.717, 1.165) is 12.2 Å². The molecule has 0 aliphatic heterocycles. The first-order chi connectivity index (χ1) is 8.88. The molecule has 19 heavy (non-hydrogen) atoms. The summed E-state index contributed by atoms with van der Waals surface area (Å²) in [5, 5.41) is 12.2.